The topological polar surface area (TPSA) is 84.7 Å². The molecule has 0 saturated carbocycles. The number of aromatic nitrogens is 4. The van der Waals surface area contributed by atoms with Crippen LogP contribution >= 0.6 is 11.6 Å². The lowest BCUT2D eigenvalue weighted by molar-refractivity contribution is -0.113. The molecule has 2 aromatic carbocycles. The molecule has 2 aromatic heterocycles. The fourth-order valence-electron chi connectivity index (χ4n) is 3.98. The second-order valence-corrected chi connectivity index (χ2v) is 8.33. The first-order valence-electron chi connectivity index (χ1n) is 10.5. The van der Waals surface area contributed by atoms with E-state index in [1.165, 1.54) is 0 Å². The van der Waals surface area contributed by atoms with Crippen molar-refractivity contribution in [2.24, 2.45) is 0 Å². The van der Waals surface area contributed by atoms with Crippen molar-refractivity contribution in [1.82, 2.24) is 19.7 Å². The van der Waals surface area contributed by atoms with Crippen molar-refractivity contribution in [3.63, 3.8) is 0 Å². The van der Waals surface area contributed by atoms with Crippen LogP contribution in [0.1, 0.15) is 24.1 Å². The van der Waals surface area contributed by atoms with Gasteiger partial charge in [-0.05, 0) is 43.7 Å². The number of hydrogen-bond donors (Lipinski definition) is 2. The Kier molecular flexibility index (Phi) is 5.40. The Morgan fingerprint density at radius 1 is 1.09 bits per heavy atom. The third kappa shape index (κ3) is 4.10. The van der Waals surface area contributed by atoms with Crippen LogP contribution in [0.4, 0.5) is 11.6 Å². The van der Waals surface area contributed by atoms with Crippen molar-refractivity contribution in [1.29, 1.82) is 0 Å². The third-order valence-corrected chi connectivity index (χ3v) is 5.69. The molecule has 1 aliphatic heterocycles. The summed E-state index contributed by atoms with van der Waals surface area (Å²) in [5, 5.41) is 11.6. The minimum absolute atomic E-state index is 0.232. The molecule has 0 radical (unpaired) electrons. The Morgan fingerprint density at radius 2 is 1.94 bits per heavy atom. The van der Waals surface area contributed by atoms with Gasteiger partial charge in [0.1, 0.15) is 6.04 Å². The van der Waals surface area contributed by atoms with E-state index < -0.39 is 6.04 Å². The van der Waals surface area contributed by atoms with Crippen molar-refractivity contribution in [2.75, 3.05) is 10.6 Å². The predicted octanol–water partition coefficient (Wildman–Crippen LogP) is 5.23. The van der Waals surface area contributed by atoms with Crippen LogP contribution in [0.25, 0.3) is 11.4 Å². The van der Waals surface area contributed by atoms with E-state index in [0.717, 1.165) is 16.7 Å². The molecule has 1 amide bonds. The van der Waals surface area contributed by atoms with E-state index in [4.69, 9.17) is 21.7 Å². The number of halogens is 1. The molecule has 1 aliphatic rings. The van der Waals surface area contributed by atoms with Crippen LogP contribution in [0.3, 0.4) is 0 Å². The summed E-state index contributed by atoms with van der Waals surface area (Å²) >= 11 is 6.18. The number of benzene rings is 2. The molecule has 0 spiro atoms. The highest BCUT2D eigenvalue weighted by molar-refractivity contribution is 6.30. The Bertz CT molecular complexity index is 1380. The molecule has 1 atom stereocenters. The number of carbonyl (C=O) groups excluding carboxylic acids is 1. The Labute approximate surface area is 196 Å². The molecule has 2 N–H and O–H groups in total. The monoisotopic (exact) mass is 456 g/mol. The number of fused-ring (bicyclic) bond motifs is 1. The fraction of sp³-hybridized carbons (Fsp3) is 0.120. The number of carbonyl (C=O) groups is 1. The number of allylic oxidation sites excluding steroid dienone is 1. The first-order valence-corrected chi connectivity index (χ1v) is 10.9. The van der Waals surface area contributed by atoms with E-state index in [1.807, 2.05) is 50.2 Å². The van der Waals surface area contributed by atoms with Gasteiger partial charge in [-0.25, -0.2) is 4.68 Å². The van der Waals surface area contributed by atoms with E-state index in [9.17, 15) is 4.79 Å². The minimum Gasteiger partial charge on any atom is -0.328 e. The number of nitrogens with one attached hydrogen (secondary N) is 2. The molecule has 4 aromatic rings. The summed E-state index contributed by atoms with van der Waals surface area (Å²) in [6, 6.07) is 18.6. The molecule has 0 aliphatic carbocycles. The number of rotatable bonds is 4. The van der Waals surface area contributed by atoms with Crippen molar-refractivity contribution < 1.29 is 4.79 Å². The highest BCUT2D eigenvalue weighted by Gasteiger charge is 2.34. The van der Waals surface area contributed by atoms with Crippen molar-refractivity contribution >= 4 is 29.1 Å². The first kappa shape index (κ1) is 20.9. The van der Waals surface area contributed by atoms with Gasteiger partial charge < -0.3 is 10.6 Å². The molecule has 164 valence electrons. The smallest absolute Gasteiger partial charge is 0.255 e. The molecule has 7 nitrogen and oxygen atoms in total. The maximum Gasteiger partial charge on any atom is 0.255 e. The molecule has 3 heterocycles. The van der Waals surface area contributed by atoms with Gasteiger partial charge in [-0.15, -0.1) is 5.10 Å². The number of pyridine rings is 1. The van der Waals surface area contributed by atoms with Gasteiger partial charge >= 0.3 is 0 Å². The van der Waals surface area contributed by atoms with Gasteiger partial charge in [-0.3, -0.25) is 9.78 Å². The van der Waals surface area contributed by atoms with Gasteiger partial charge in [0.25, 0.3) is 5.91 Å². The lowest BCUT2D eigenvalue weighted by Gasteiger charge is -2.28. The number of anilines is 2. The maximum atomic E-state index is 13.5. The fourth-order valence-corrected chi connectivity index (χ4v) is 4.17. The SMILES string of the molecule is CC1=C(C(=O)Nc2cccnc2)C(c2cccc(C)c2)n2nc(-c3cccc(Cl)c3)nc2N1. The van der Waals surface area contributed by atoms with E-state index in [1.54, 1.807) is 35.3 Å². The van der Waals surface area contributed by atoms with E-state index >= 15 is 0 Å². The van der Waals surface area contributed by atoms with Crippen LogP contribution in [0.2, 0.25) is 5.02 Å². The molecule has 0 fully saturated rings. The summed E-state index contributed by atoms with van der Waals surface area (Å²) in [6.07, 6.45) is 3.28. The second-order valence-electron chi connectivity index (χ2n) is 7.89. The van der Waals surface area contributed by atoms with Crippen molar-refractivity contribution in [2.45, 2.75) is 19.9 Å². The highest BCUT2D eigenvalue weighted by atomic mass is 35.5. The lowest BCUT2D eigenvalue weighted by atomic mass is 9.94. The Balaban J connectivity index is 1.62. The van der Waals surface area contributed by atoms with E-state index in [-0.39, 0.29) is 5.91 Å². The zero-order valence-corrected chi connectivity index (χ0v) is 18.8. The average Bonchev–Trinajstić information content (AvgIpc) is 3.22. The predicted molar refractivity (Wildman–Crippen MR) is 129 cm³/mol. The summed E-state index contributed by atoms with van der Waals surface area (Å²) in [4.78, 5) is 22.2. The van der Waals surface area contributed by atoms with Crippen molar-refractivity contribution in [3.05, 3.63) is 100 Å². The molecule has 0 saturated heterocycles. The average molecular weight is 457 g/mol. The lowest BCUT2D eigenvalue weighted by Crippen LogP contribution is -2.31. The largest absolute Gasteiger partial charge is 0.328 e. The van der Waals surface area contributed by atoms with E-state index in [0.29, 0.717) is 33.8 Å². The van der Waals surface area contributed by atoms with E-state index in [2.05, 4.69) is 21.7 Å². The third-order valence-electron chi connectivity index (χ3n) is 5.46. The second kappa shape index (κ2) is 8.52. The molecular formula is C25H21ClN6O. The van der Waals surface area contributed by atoms with Crippen LogP contribution in [-0.2, 0) is 4.79 Å². The maximum absolute atomic E-state index is 13.5. The van der Waals surface area contributed by atoms with Gasteiger partial charge in [-0.1, -0.05) is 53.6 Å². The zero-order chi connectivity index (χ0) is 22.9. The van der Waals surface area contributed by atoms with Crippen molar-refractivity contribution in [3.8, 4) is 11.4 Å². The van der Waals surface area contributed by atoms with Gasteiger partial charge in [0.05, 0.1) is 17.5 Å². The summed E-state index contributed by atoms with van der Waals surface area (Å²) in [6.45, 7) is 3.90. The Hall–Kier alpha value is -3.97. The standard InChI is InChI=1S/C25H21ClN6O/c1-15-6-3-7-17(12-15)22-21(24(33)29-20-10-5-11-27-14-20)16(2)28-25-30-23(31-32(22)25)18-8-4-9-19(26)13-18/h3-14,22H,1-2H3,(H,29,33)(H,28,30,31). The summed E-state index contributed by atoms with van der Waals surface area (Å²) in [7, 11) is 0. The zero-order valence-electron chi connectivity index (χ0n) is 18.1. The summed E-state index contributed by atoms with van der Waals surface area (Å²) in [5.74, 6) is 0.858. The van der Waals surface area contributed by atoms with Gasteiger partial charge in [0, 0.05) is 22.5 Å². The van der Waals surface area contributed by atoms with Crippen LogP contribution < -0.4 is 10.6 Å². The van der Waals surface area contributed by atoms with Gasteiger partial charge in [-0.2, -0.15) is 4.98 Å². The van der Waals surface area contributed by atoms with Gasteiger partial charge in [0.15, 0.2) is 5.82 Å². The first-order chi connectivity index (χ1) is 16.0. The van der Waals surface area contributed by atoms with Crippen LogP contribution in [0.15, 0.2) is 84.3 Å². The van der Waals surface area contributed by atoms with Crippen LogP contribution in [0, 0.1) is 6.92 Å². The molecule has 33 heavy (non-hydrogen) atoms. The Morgan fingerprint density at radius 3 is 2.70 bits per heavy atom. The van der Waals surface area contributed by atoms with Crippen LogP contribution in [0.5, 0.6) is 0 Å². The molecule has 0 bridgehead atoms. The van der Waals surface area contributed by atoms with Gasteiger partial charge in [0.2, 0.25) is 5.95 Å². The quantitative estimate of drug-likeness (QED) is 0.439. The summed E-state index contributed by atoms with van der Waals surface area (Å²) < 4.78 is 1.76. The normalized spacial score (nSPS) is 15.1. The number of nitrogens with zero attached hydrogens (tertiary/aromatic N) is 4. The molecule has 1 unspecified atom stereocenters. The molecular weight excluding hydrogens is 436 g/mol. The number of aryl methyl sites for hydroxylation is 1. The molecule has 5 rings (SSSR count). The minimum atomic E-state index is -0.460. The summed E-state index contributed by atoms with van der Waals surface area (Å²) in [5.41, 5.74) is 4.71. The number of hydrogen-bond acceptors (Lipinski definition) is 5. The molecule has 8 heteroatoms. The number of amides is 1. The van der Waals surface area contributed by atoms with Crippen LogP contribution in [-0.4, -0.2) is 25.7 Å². The highest BCUT2D eigenvalue weighted by Crippen LogP contribution is 2.37.